The second kappa shape index (κ2) is 10.5. The van der Waals surface area contributed by atoms with Crippen molar-refractivity contribution in [2.75, 3.05) is 20.4 Å². The van der Waals surface area contributed by atoms with Gasteiger partial charge in [0.1, 0.15) is 5.75 Å². The van der Waals surface area contributed by atoms with Crippen LogP contribution in [0.1, 0.15) is 28.4 Å². The van der Waals surface area contributed by atoms with Crippen molar-refractivity contribution in [3.8, 4) is 17.2 Å². The Morgan fingerprint density at radius 2 is 1.97 bits per heavy atom. The lowest BCUT2D eigenvalue weighted by molar-refractivity contribution is -0.0505. The van der Waals surface area contributed by atoms with Crippen molar-refractivity contribution in [1.82, 2.24) is 16.0 Å². The van der Waals surface area contributed by atoms with Crippen LogP contribution < -0.4 is 30.2 Å². The summed E-state index contributed by atoms with van der Waals surface area (Å²) in [6.45, 7) is 0.0685. The number of carbonyl (C=O) groups excluding carboxylic acids is 1. The van der Waals surface area contributed by atoms with Crippen LogP contribution in [0.2, 0.25) is 0 Å². The molecule has 0 fully saturated rings. The molecule has 166 valence electrons. The molecule has 0 radical (unpaired) electrons. The number of aliphatic imine (C=N–C) groups is 1. The van der Waals surface area contributed by atoms with Crippen molar-refractivity contribution >= 4 is 11.9 Å². The van der Waals surface area contributed by atoms with Gasteiger partial charge in [-0.3, -0.25) is 4.79 Å². The summed E-state index contributed by atoms with van der Waals surface area (Å²) in [7, 11) is 1.57. The Labute approximate surface area is 178 Å². The van der Waals surface area contributed by atoms with E-state index in [1.54, 1.807) is 31.3 Å². The van der Waals surface area contributed by atoms with E-state index in [1.807, 2.05) is 13.0 Å². The molecule has 0 spiro atoms. The Morgan fingerprint density at radius 3 is 2.68 bits per heavy atom. The van der Waals surface area contributed by atoms with Crippen molar-refractivity contribution < 1.29 is 27.8 Å². The Morgan fingerprint density at radius 1 is 1.19 bits per heavy atom. The van der Waals surface area contributed by atoms with Gasteiger partial charge in [-0.2, -0.15) is 8.78 Å². The van der Waals surface area contributed by atoms with Gasteiger partial charge in [0.15, 0.2) is 17.5 Å². The van der Waals surface area contributed by atoms with Crippen molar-refractivity contribution in [2.24, 2.45) is 4.99 Å². The van der Waals surface area contributed by atoms with Crippen LogP contribution >= 0.6 is 0 Å². The fourth-order valence-corrected chi connectivity index (χ4v) is 2.96. The van der Waals surface area contributed by atoms with Gasteiger partial charge in [0.2, 0.25) is 6.79 Å². The predicted molar refractivity (Wildman–Crippen MR) is 111 cm³/mol. The summed E-state index contributed by atoms with van der Waals surface area (Å²) in [5, 5.41) is 8.78. The van der Waals surface area contributed by atoms with Gasteiger partial charge in [-0.25, -0.2) is 4.99 Å². The number of rotatable bonds is 8. The SMILES string of the molecule is CCNC(=NCc1cccc(C(=O)NC)c1)NCc1cc2c(cc1OC(F)F)OCO2. The highest BCUT2D eigenvalue weighted by Gasteiger charge is 2.20. The molecule has 3 N–H and O–H groups in total. The first-order valence-corrected chi connectivity index (χ1v) is 9.70. The first-order chi connectivity index (χ1) is 15.0. The number of alkyl halides is 2. The van der Waals surface area contributed by atoms with Crippen molar-refractivity contribution in [3.63, 3.8) is 0 Å². The molecule has 3 rings (SSSR count). The van der Waals surface area contributed by atoms with E-state index in [4.69, 9.17) is 9.47 Å². The number of guanidine groups is 1. The zero-order chi connectivity index (χ0) is 22.2. The molecular weight excluding hydrogens is 410 g/mol. The topological polar surface area (TPSA) is 93.2 Å². The zero-order valence-corrected chi connectivity index (χ0v) is 17.2. The van der Waals surface area contributed by atoms with E-state index in [1.165, 1.54) is 6.07 Å². The third kappa shape index (κ3) is 5.97. The standard InChI is InChI=1S/C21H24F2N4O4/c1-3-25-21(26-10-13-5-4-6-14(7-13)19(28)24-2)27-11-15-8-17-18(30-12-29-17)9-16(15)31-20(22)23/h4-9,20H,3,10-12H2,1-2H3,(H,24,28)(H2,25,26,27). The smallest absolute Gasteiger partial charge is 0.387 e. The number of carbonyl (C=O) groups is 1. The van der Waals surface area contributed by atoms with Crippen LogP contribution in [0.5, 0.6) is 17.2 Å². The highest BCUT2D eigenvalue weighted by atomic mass is 19.3. The summed E-state index contributed by atoms with van der Waals surface area (Å²) in [5.41, 5.74) is 1.86. The molecule has 8 nitrogen and oxygen atoms in total. The minimum absolute atomic E-state index is 0.000813. The summed E-state index contributed by atoms with van der Waals surface area (Å²) < 4.78 is 40.8. The summed E-state index contributed by atoms with van der Waals surface area (Å²) in [6.07, 6.45) is 0. The summed E-state index contributed by atoms with van der Waals surface area (Å²) in [4.78, 5) is 16.3. The zero-order valence-electron chi connectivity index (χ0n) is 17.2. The molecule has 0 saturated heterocycles. The van der Waals surface area contributed by atoms with E-state index in [-0.39, 0.29) is 25.0 Å². The molecule has 0 bridgehead atoms. The molecule has 0 aromatic heterocycles. The number of fused-ring (bicyclic) bond motifs is 1. The maximum Gasteiger partial charge on any atom is 0.387 e. The number of ether oxygens (including phenoxy) is 3. The van der Waals surface area contributed by atoms with Crippen LogP contribution in [0.15, 0.2) is 41.4 Å². The van der Waals surface area contributed by atoms with Crippen LogP contribution in [0.25, 0.3) is 0 Å². The third-order valence-corrected chi connectivity index (χ3v) is 4.40. The molecule has 10 heteroatoms. The van der Waals surface area contributed by atoms with Gasteiger partial charge in [-0.05, 0) is 30.7 Å². The Hall–Kier alpha value is -3.56. The Bertz CT molecular complexity index is 953. The molecule has 0 aliphatic carbocycles. The molecule has 0 atom stereocenters. The van der Waals surface area contributed by atoms with Gasteiger partial charge in [0.25, 0.3) is 5.91 Å². The fraction of sp³-hybridized carbons (Fsp3) is 0.333. The predicted octanol–water partition coefficient (Wildman–Crippen LogP) is 2.63. The minimum Gasteiger partial charge on any atom is -0.454 e. The van der Waals surface area contributed by atoms with Crippen molar-refractivity contribution in [1.29, 1.82) is 0 Å². The van der Waals surface area contributed by atoms with Crippen molar-refractivity contribution in [2.45, 2.75) is 26.6 Å². The molecule has 2 aromatic rings. The Kier molecular flexibility index (Phi) is 7.47. The molecule has 31 heavy (non-hydrogen) atoms. The molecule has 0 unspecified atom stereocenters. The average Bonchev–Trinajstić information content (AvgIpc) is 3.22. The largest absolute Gasteiger partial charge is 0.454 e. The third-order valence-electron chi connectivity index (χ3n) is 4.40. The van der Waals surface area contributed by atoms with Crippen LogP contribution in [0, 0.1) is 0 Å². The van der Waals surface area contributed by atoms with Gasteiger partial charge in [0.05, 0.1) is 6.54 Å². The van der Waals surface area contributed by atoms with Gasteiger partial charge in [-0.1, -0.05) is 12.1 Å². The second-order valence-corrected chi connectivity index (χ2v) is 6.52. The second-order valence-electron chi connectivity index (χ2n) is 6.52. The molecular formula is C21H24F2N4O4. The van der Waals surface area contributed by atoms with E-state index >= 15 is 0 Å². The number of amides is 1. The van der Waals surface area contributed by atoms with E-state index in [0.29, 0.717) is 41.7 Å². The van der Waals surface area contributed by atoms with Crippen LogP contribution in [0.4, 0.5) is 8.78 Å². The number of nitrogens with one attached hydrogen (secondary N) is 3. The van der Waals surface area contributed by atoms with Gasteiger partial charge < -0.3 is 30.2 Å². The van der Waals surface area contributed by atoms with Gasteiger partial charge in [0, 0.05) is 37.3 Å². The van der Waals surface area contributed by atoms with E-state index in [9.17, 15) is 13.6 Å². The lowest BCUT2D eigenvalue weighted by atomic mass is 10.1. The highest BCUT2D eigenvalue weighted by Crippen LogP contribution is 2.38. The lowest BCUT2D eigenvalue weighted by Gasteiger charge is -2.15. The molecule has 1 heterocycles. The monoisotopic (exact) mass is 434 g/mol. The van der Waals surface area contributed by atoms with E-state index in [0.717, 1.165) is 5.56 Å². The number of benzene rings is 2. The first kappa shape index (κ1) is 22.1. The maximum atomic E-state index is 12.8. The highest BCUT2D eigenvalue weighted by molar-refractivity contribution is 5.94. The summed E-state index contributed by atoms with van der Waals surface area (Å²) in [5.74, 6) is 1.13. The van der Waals surface area contributed by atoms with Crippen molar-refractivity contribution in [3.05, 3.63) is 53.1 Å². The van der Waals surface area contributed by atoms with Crippen LogP contribution in [0.3, 0.4) is 0 Å². The average molecular weight is 434 g/mol. The van der Waals surface area contributed by atoms with E-state index < -0.39 is 6.61 Å². The molecule has 1 aliphatic heterocycles. The van der Waals surface area contributed by atoms with Gasteiger partial charge in [-0.15, -0.1) is 0 Å². The molecule has 2 aromatic carbocycles. The van der Waals surface area contributed by atoms with Crippen LogP contribution in [-0.4, -0.2) is 38.9 Å². The molecule has 1 aliphatic rings. The minimum atomic E-state index is -2.96. The molecule has 0 saturated carbocycles. The normalized spacial score (nSPS) is 12.6. The number of halogens is 2. The first-order valence-electron chi connectivity index (χ1n) is 9.70. The lowest BCUT2D eigenvalue weighted by Crippen LogP contribution is -2.36. The van der Waals surface area contributed by atoms with Gasteiger partial charge >= 0.3 is 6.61 Å². The summed E-state index contributed by atoms with van der Waals surface area (Å²) >= 11 is 0. The maximum absolute atomic E-state index is 12.8. The van der Waals surface area contributed by atoms with Crippen LogP contribution in [-0.2, 0) is 13.1 Å². The quantitative estimate of drug-likeness (QED) is 0.437. The number of hydrogen-bond donors (Lipinski definition) is 3. The summed E-state index contributed by atoms with van der Waals surface area (Å²) in [6, 6.07) is 10.1. The number of hydrogen-bond acceptors (Lipinski definition) is 5. The Balaban J connectivity index is 1.73. The molecule has 1 amide bonds. The van der Waals surface area contributed by atoms with E-state index in [2.05, 4.69) is 25.7 Å². The number of nitrogens with zero attached hydrogens (tertiary/aromatic N) is 1. The fourth-order valence-electron chi connectivity index (χ4n) is 2.96.